The van der Waals surface area contributed by atoms with Crippen LogP contribution in [0, 0.1) is 6.92 Å². The van der Waals surface area contributed by atoms with Crippen molar-refractivity contribution in [2.75, 3.05) is 5.32 Å². The number of primary amides is 1. The quantitative estimate of drug-likeness (QED) is 0.581. The zero-order valence-electron chi connectivity index (χ0n) is 16.8. The Morgan fingerprint density at radius 1 is 1.38 bits per heavy atom. The number of anilines is 1. The average Bonchev–Trinajstić information content (AvgIpc) is 3.11. The molecule has 2 aliphatic carbocycles. The molecule has 2 amide bonds. The zero-order valence-corrected chi connectivity index (χ0v) is 18.5. The molecule has 0 aromatic carbocycles. The lowest BCUT2D eigenvalue weighted by Crippen LogP contribution is -2.22. The summed E-state index contributed by atoms with van der Waals surface area (Å²) in [6.07, 6.45) is 7.06. The van der Waals surface area contributed by atoms with Crippen molar-refractivity contribution in [2.24, 2.45) is 10.9 Å². The third-order valence-corrected chi connectivity index (χ3v) is 7.24. The molecule has 2 aromatic rings. The van der Waals surface area contributed by atoms with E-state index in [4.69, 9.17) is 15.9 Å². The minimum Gasteiger partial charge on any atom is -0.385 e. The summed E-state index contributed by atoms with van der Waals surface area (Å²) < 4.78 is 11.1. The molecule has 0 saturated heterocycles. The van der Waals surface area contributed by atoms with Crippen molar-refractivity contribution < 1.29 is 14.1 Å². The Balaban J connectivity index is 0.000000177. The van der Waals surface area contributed by atoms with Crippen molar-refractivity contribution in [1.29, 1.82) is 0 Å². The average molecular weight is 438 g/mol. The van der Waals surface area contributed by atoms with Crippen LogP contribution in [0.4, 0.5) is 10.5 Å². The molecule has 0 radical (unpaired) electrons. The van der Waals surface area contributed by atoms with Gasteiger partial charge in [-0.1, -0.05) is 0 Å². The lowest BCUT2D eigenvalue weighted by molar-refractivity contribution is 0.0823. The van der Waals surface area contributed by atoms with E-state index in [2.05, 4.69) is 10.3 Å². The number of nitrogens with two attached hydrogens (primary N) is 2. The SMILES string of the molecule is CC(C)(O)c1cnc(S(N)=O)s1.Cc1nc2c(c(NC(N)=O)c1C1CC1)CCC2. The summed E-state index contributed by atoms with van der Waals surface area (Å²) in [5, 5.41) is 17.5. The second kappa shape index (κ2) is 8.47. The first-order valence-corrected chi connectivity index (χ1v) is 11.5. The molecule has 1 unspecified atom stereocenters. The molecular weight excluding hydrogens is 410 g/mol. The van der Waals surface area contributed by atoms with Crippen LogP contribution >= 0.6 is 11.3 Å². The topological polar surface area (TPSA) is 144 Å². The first kappa shape index (κ1) is 21.8. The third kappa shape index (κ3) is 5.19. The van der Waals surface area contributed by atoms with Crippen molar-refractivity contribution >= 4 is 34.0 Å². The maximum Gasteiger partial charge on any atom is 0.316 e. The van der Waals surface area contributed by atoms with Gasteiger partial charge in [0.25, 0.3) is 0 Å². The second-order valence-corrected chi connectivity index (χ2v) is 10.1. The fourth-order valence-electron chi connectivity index (χ4n) is 3.50. The van der Waals surface area contributed by atoms with Crippen molar-refractivity contribution in [3.63, 3.8) is 0 Å². The summed E-state index contributed by atoms with van der Waals surface area (Å²) in [7, 11) is -1.55. The van der Waals surface area contributed by atoms with Crippen LogP contribution < -0.4 is 16.2 Å². The molecule has 1 fully saturated rings. The normalized spacial score (nSPS) is 16.6. The Morgan fingerprint density at radius 3 is 2.55 bits per heavy atom. The number of carbonyl (C=O) groups excluding carboxylic acids is 1. The molecule has 2 heterocycles. The Hall–Kier alpha value is -1.88. The highest BCUT2D eigenvalue weighted by Gasteiger charge is 2.32. The Bertz CT molecular complexity index is 948. The molecule has 1 saturated carbocycles. The predicted octanol–water partition coefficient (Wildman–Crippen LogP) is 2.60. The molecular formula is C19H27N5O3S2. The lowest BCUT2D eigenvalue weighted by atomic mass is 10.0. The van der Waals surface area contributed by atoms with Crippen molar-refractivity contribution in [2.45, 2.75) is 68.7 Å². The van der Waals surface area contributed by atoms with Gasteiger partial charge in [-0.15, -0.1) is 11.3 Å². The molecule has 8 nitrogen and oxygen atoms in total. The number of nitrogens with one attached hydrogen (secondary N) is 1. The van der Waals surface area contributed by atoms with E-state index in [1.807, 2.05) is 6.92 Å². The Kier molecular flexibility index (Phi) is 6.37. The monoisotopic (exact) mass is 437 g/mol. The fourth-order valence-corrected chi connectivity index (χ4v) is 4.90. The lowest BCUT2D eigenvalue weighted by Gasteiger charge is -2.16. The number of fused-ring (bicyclic) bond motifs is 1. The summed E-state index contributed by atoms with van der Waals surface area (Å²) in [5.74, 6) is 0.579. The fraction of sp³-hybridized carbons (Fsp3) is 0.526. The van der Waals surface area contributed by atoms with Crippen LogP contribution in [0.5, 0.6) is 0 Å². The number of thiazole rings is 1. The van der Waals surface area contributed by atoms with Gasteiger partial charge in [0.05, 0.1) is 16.2 Å². The van der Waals surface area contributed by atoms with Gasteiger partial charge in [-0.05, 0) is 64.4 Å². The first-order chi connectivity index (χ1) is 13.6. The van der Waals surface area contributed by atoms with Crippen LogP contribution in [0.2, 0.25) is 0 Å². The minimum atomic E-state index is -1.55. The summed E-state index contributed by atoms with van der Waals surface area (Å²) in [6, 6.07) is -0.466. The van der Waals surface area contributed by atoms with Crippen molar-refractivity contribution in [1.82, 2.24) is 9.97 Å². The van der Waals surface area contributed by atoms with Crippen LogP contribution in [-0.2, 0) is 29.4 Å². The number of urea groups is 1. The van der Waals surface area contributed by atoms with Crippen LogP contribution in [0.3, 0.4) is 0 Å². The van der Waals surface area contributed by atoms with Crippen LogP contribution in [0.15, 0.2) is 10.5 Å². The number of aliphatic hydroxyl groups is 1. The predicted molar refractivity (Wildman–Crippen MR) is 114 cm³/mol. The van der Waals surface area contributed by atoms with Gasteiger partial charge in [0.2, 0.25) is 0 Å². The van der Waals surface area contributed by atoms with E-state index in [1.54, 1.807) is 13.8 Å². The standard InChI is InChI=1S/C13H17N3O.C6H10N2O2S2/c1-7-11(8-5-6-8)12(16-13(14)17)9-3-2-4-10(9)15-7;1-6(2,9)4-3-8-5(11-4)12(7)10/h8H,2-6H2,1H3,(H3,14,15,16,17);3,9H,7H2,1-2H3. The van der Waals surface area contributed by atoms with Gasteiger partial charge in [0.1, 0.15) is 0 Å². The molecule has 0 bridgehead atoms. The maximum atomic E-state index is 11.2. The molecule has 2 aromatic heterocycles. The van der Waals surface area contributed by atoms with Gasteiger partial charge < -0.3 is 16.2 Å². The summed E-state index contributed by atoms with van der Waals surface area (Å²) >= 11 is 1.16. The van der Waals surface area contributed by atoms with Gasteiger partial charge in [-0.25, -0.2) is 19.1 Å². The molecule has 1 atom stereocenters. The van der Waals surface area contributed by atoms with Gasteiger partial charge in [0, 0.05) is 23.1 Å². The molecule has 0 spiro atoms. The minimum absolute atomic E-state index is 0.340. The molecule has 6 N–H and O–H groups in total. The van der Waals surface area contributed by atoms with Crippen molar-refractivity contribution in [3.05, 3.63) is 33.6 Å². The molecule has 10 heteroatoms. The number of hydrogen-bond donors (Lipinski definition) is 4. The van der Waals surface area contributed by atoms with Crippen LogP contribution in [-0.4, -0.2) is 25.3 Å². The van der Waals surface area contributed by atoms with Gasteiger partial charge >= 0.3 is 6.03 Å². The van der Waals surface area contributed by atoms with E-state index < -0.39 is 22.6 Å². The van der Waals surface area contributed by atoms with Crippen LogP contribution in [0.25, 0.3) is 0 Å². The summed E-state index contributed by atoms with van der Waals surface area (Å²) in [5.41, 5.74) is 9.99. The summed E-state index contributed by atoms with van der Waals surface area (Å²) in [6.45, 7) is 5.33. The number of pyridine rings is 1. The van der Waals surface area contributed by atoms with Crippen molar-refractivity contribution in [3.8, 4) is 0 Å². The number of rotatable bonds is 4. The molecule has 29 heavy (non-hydrogen) atoms. The number of nitrogens with zero attached hydrogens (tertiary/aromatic N) is 2. The van der Waals surface area contributed by atoms with Gasteiger partial charge in [0.15, 0.2) is 15.3 Å². The molecule has 2 aliphatic rings. The second-order valence-electron chi connectivity index (χ2n) is 7.88. The largest absolute Gasteiger partial charge is 0.385 e. The van der Waals surface area contributed by atoms with Crippen LogP contribution in [0.1, 0.15) is 66.4 Å². The van der Waals surface area contributed by atoms with E-state index in [9.17, 15) is 14.1 Å². The maximum absolute atomic E-state index is 11.2. The van der Waals surface area contributed by atoms with E-state index in [1.165, 1.54) is 30.2 Å². The first-order valence-electron chi connectivity index (χ1n) is 9.51. The Labute approximate surface area is 176 Å². The smallest absolute Gasteiger partial charge is 0.316 e. The zero-order chi connectivity index (χ0) is 21.3. The molecule has 4 rings (SSSR count). The number of aromatic nitrogens is 2. The van der Waals surface area contributed by atoms with E-state index in [0.29, 0.717) is 15.1 Å². The highest BCUT2D eigenvalue weighted by Crippen LogP contribution is 2.47. The van der Waals surface area contributed by atoms with E-state index >= 15 is 0 Å². The number of hydrogen-bond acceptors (Lipinski definition) is 6. The summed E-state index contributed by atoms with van der Waals surface area (Å²) in [4.78, 5) is 20.3. The van der Waals surface area contributed by atoms with Gasteiger partial charge in [-0.3, -0.25) is 4.98 Å². The van der Waals surface area contributed by atoms with Gasteiger partial charge in [-0.2, -0.15) is 0 Å². The highest BCUT2D eigenvalue weighted by atomic mass is 32.2. The Morgan fingerprint density at radius 2 is 2.07 bits per heavy atom. The molecule has 0 aliphatic heterocycles. The van der Waals surface area contributed by atoms with E-state index in [-0.39, 0.29) is 0 Å². The third-order valence-electron chi connectivity index (χ3n) is 4.95. The number of carbonyl (C=O) groups is 1. The molecule has 158 valence electrons. The number of aryl methyl sites for hydroxylation is 2. The number of amides is 2. The highest BCUT2D eigenvalue weighted by molar-refractivity contribution is 7.84. The van der Waals surface area contributed by atoms with E-state index in [0.717, 1.165) is 47.7 Å².